The Balaban J connectivity index is 2.30. The van der Waals surface area contributed by atoms with Crippen LogP contribution in [0, 0.1) is 0 Å². The van der Waals surface area contributed by atoms with Gasteiger partial charge in [-0.25, -0.2) is 4.79 Å². The maximum atomic E-state index is 11.4. The lowest BCUT2D eigenvalue weighted by Crippen LogP contribution is -2.38. The van der Waals surface area contributed by atoms with Crippen LogP contribution in [0.25, 0.3) is 0 Å². The molecule has 4 nitrogen and oxygen atoms in total. The fraction of sp³-hybridized carbons (Fsp3) is 0.417. The number of amides is 1. The summed E-state index contributed by atoms with van der Waals surface area (Å²) < 4.78 is 5.00. The van der Waals surface area contributed by atoms with Crippen molar-refractivity contribution < 1.29 is 14.6 Å². The minimum Gasteiger partial charge on any atom is -0.445 e. The molecule has 0 aliphatic heterocycles. The summed E-state index contributed by atoms with van der Waals surface area (Å²) in [6, 6.07) is 9.04. The molecule has 5 heteroatoms. The highest BCUT2D eigenvalue weighted by Gasteiger charge is 2.11. The van der Waals surface area contributed by atoms with Crippen LogP contribution in [-0.2, 0) is 11.3 Å². The van der Waals surface area contributed by atoms with E-state index in [1.165, 1.54) is 0 Å². The van der Waals surface area contributed by atoms with Gasteiger partial charge in [-0.2, -0.15) is 0 Å². The first-order valence-corrected chi connectivity index (χ1v) is 5.93. The van der Waals surface area contributed by atoms with Gasteiger partial charge in [0, 0.05) is 5.88 Å². The lowest BCUT2D eigenvalue weighted by Gasteiger charge is -2.14. The van der Waals surface area contributed by atoms with Gasteiger partial charge >= 0.3 is 6.09 Å². The zero-order chi connectivity index (χ0) is 12.5. The van der Waals surface area contributed by atoms with Gasteiger partial charge in [-0.05, 0) is 12.0 Å². The van der Waals surface area contributed by atoms with Crippen molar-refractivity contribution in [2.75, 3.05) is 12.5 Å². The number of hydrogen-bond donors (Lipinski definition) is 2. The van der Waals surface area contributed by atoms with Gasteiger partial charge < -0.3 is 15.2 Å². The van der Waals surface area contributed by atoms with Crippen molar-refractivity contribution in [3.8, 4) is 0 Å². The van der Waals surface area contributed by atoms with Crippen LogP contribution in [0.15, 0.2) is 30.3 Å². The maximum absolute atomic E-state index is 11.4. The summed E-state index contributed by atoms with van der Waals surface area (Å²) in [4.78, 5) is 11.4. The second-order valence-electron chi connectivity index (χ2n) is 3.56. The van der Waals surface area contributed by atoms with Crippen molar-refractivity contribution in [2.45, 2.75) is 19.1 Å². The van der Waals surface area contributed by atoms with Crippen LogP contribution >= 0.6 is 11.6 Å². The van der Waals surface area contributed by atoms with E-state index < -0.39 is 6.09 Å². The van der Waals surface area contributed by atoms with Crippen LogP contribution in [0.1, 0.15) is 12.0 Å². The van der Waals surface area contributed by atoms with E-state index in [1.54, 1.807) is 0 Å². The van der Waals surface area contributed by atoms with Crippen LogP contribution in [-0.4, -0.2) is 29.7 Å². The maximum Gasteiger partial charge on any atom is 0.407 e. The number of aliphatic hydroxyl groups is 1. The van der Waals surface area contributed by atoms with Crippen molar-refractivity contribution >= 4 is 17.7 Å². The molecule has 1 amide bonds. The molecule has 0 saturated heterocycles. The molecule has 94 valence electrons. The molecule has 0 bridgehead atoms. The number of carbonyl (C=O) groups excluding carboxylic acids is 1. The van der Waals surface area contributed by atoms with Crippen molar-refractivity contribution in [1.82, 2.24) is 5.32 Å². The monoisotopic (exact) mass is 257 g/mol. The Hall–Kier alpha value is -1.26. The van der Waals surface area contributed by atoms with E-state index in [2.05, 4.69) is 5.32 Å². The highest BCUT2D eigenvalue weighted by Crippen LogP contribution is 2.01. The number of aliphatic hydroxyl groups excluding tert-OH is 1. The van der Waals surface area contributed by atoms with E-state index in [9.17, 15) is 4.79 Å². The summed E-state index contributed by atoms with van der Waals surface area (Å²) in [5.41, 5.74) is 0.917. The second kappa shape index (κ2) is 7.92. The number of benzene rings is 1. The molecule has 0 radical (unpaired) electrons. The Bertz CT molecular complexity index is 332. The quantitative estimate of drug-likeness (QED) is 0.766. The number of halogens is 1. The first-order valence-electron chi connectivity index (χ1n) is 5.40. The van der Waals surface area contributed by atoms with Crippen molar-refractivity contribution in [1.29, 1.82) is 0 Å². The summed E-state index contributed by atoms with van der Waals surface area (Å²) in [5, 5.41) is 11.5. The Labute approximate surface area is 106 Å². The Morgan fingerprint density at radius 2 is 2.12 bits per heavy atom. The molecule has 1 aromatic carbocycles. The third-order valence-corrected chi connectivity index (χ3v) is 2.43. The predicted octanol–water partition coefficient (Wildman–Crippen LogP) is 1.90. The number of rotatable bonds is 6. The van der Waals surface area contributed by atoms with E-state index in [1.807, 2.05) is 30.3 Å². The topological polar surface area (TPSA) is 58.6 Å². The third-order valence-electron chi connectivity index (χ3n) is 2.21. The SMILES string of the molecule is O=C(NC(CO)CCCl)OCc1ccccc1. The van der Waals surface area contributed by atoms with Gasteiger partial charge in [0.2, 0.25) is 0 Å². The molecule has 1 rings (SSSR count). The number of alkyl carbamates (subject to hydrolysis) is 1. The van der Waals surface area contributed by atoms with Gasteiger partial charge in [0.1, 0.15) is 6.61 Å². The fourth-order valence-corrected chi connectivity index (χ4v) is 1.54. The molecule has 17 heavy (non-hydrogen) atoms. The molecule has 1 unspecified atom stereocenters. The molecule has 0 aliphatic rings. The van der Waals surface area contributed by atoms with Crippen molar-refractivity contribution in [3.63, 3.8) is 0 Å². The average Bonchev–Trinajstić information content (AvgIpc) is 2.37. The highest BCUT2D eigenvalue weighted by molar-refractivity contribution is 6.17. The lowest BCUT2D eigenvalue weighted by molar-refractivity contribution is 0.129. The average molecular weight is 258 g/mol. The Morgan fingerprint density at radius 1 is 1.41 bits per heavy atom. The highest BCUT2D eigenvalue weighted by atomic mass is 35.5. The lowest BCUT2D eigenvalue weighted by atomic mass is 10.2. The van der Waals surface area contributed by atoms with Crippen LogP contribution in [0.5, 0.6) is 0 Å². The van der Waals surface area contributed by atoms with Gasteiger partial charge in [0.25, 0.3) is 0 Å². The summed E-state index contributed by atoms with van der Waals surface area (Å²) in [7, 11) is 0. The number of alkyl halides is 1. The van der Waals surface area contributed by atoms with Gasteiger partial charge in [0.15, 0.2) is 0 Å². The largest absolute Gasteiger partial charge is 0.445 e. The molecule has 0 aromatic heterocycles. The zero-order valence-electron chi connectivity index (χ0n) is 9.43. The second-order valence-corrected chi connectivity index (χ2v) is 3.94. The standard InChI is InChI=1S/C12H16ClNO3/c13-7-6-11(8-15)14-12(16)17-9-10-4-2-1-3-5-10/h1-5,11,15H,6-9H2,(H,14,16). The summed E-state index contributed by atoms with van der Waals surface area (Å²) >= 11 is 5.53. The van der Waals surface area contributed by atoms with E-state index in [4.69, 9.17) is 21.4 Å². The van der Waals surface area contributed by atoms with Gasteiger partial charge in [-0.3, -0.25) is 0 Å². The molecular formula is C12H16ClNO3. The van der Waals surface area contributed by atoms with Gasteiger partial charge in [-0.1, -0.05) is 30.3 Å². The third kappa shape index (κ3) is 5.56. The van der Waals surface area contributed by atoms with Gasteiger partial charge in [-0.15, -0.1) is 11.6 Å². The summed E-state index contributed by atoms with van der Waals surface area (Å²) in [6.45, 7) is 0.0683. The van der Waals surface area contributed by atoms with Crippen LogP contribution in [0.2, 0.25) is 0 Å². The van der Waals surface area contributed by atoms with Crippen LogP contribution in [0.4, 0.5) is 4.79 Å². The molecule has 1 atom stereocenters. The van der Waals surface area contributed by atoms with Gasteiger partial charge in [0.05, 0.1) is 12.6 Å². The number of ether oxygens (including phenoxy) is 1. The molecule has 0 fully saturated rings. The number of hydrogen-bond acceptors (Lipinski definition) is 3. The number of nitrogens with one attached hydrogen (secondary N) is 1. The van der Waals surface area contributed by atoms with E-state index in [0.717, 1.165) is 5.56 Å². The smallest absolute Gasteiger partial charge is 0.407 e. The summed E-state index contributed by atoms with van der Waals surface area (Å²) in [5.74, 6) is 0.379. The van der Waals surface area contributed by atoms with Crippen molar-refractivity contribution in [3.05, 3.63) is 35.9 Å². The molecule has 0 spiro atoms. The fourth-order valence-electron chi connectivity index (χ4n) is 1.27. The summed E-state index contributed by atoms with van der Waals surface area (Å²) in [6.07, 6.45) is -0.0311. The van der Waals surface area contributed by atoms with Crippen LogP contribution in [0.3, 0.4) is 0 Å². The van der Waals surface area contributed by atoms with Crippen molar-refractivity contribution in [2.24, 2.45) is 0 Å². The minimum atomic E-state index is -0.544. The van der Waals surface area contributed by atoms with E-state index in [0.29, 0.717) is 12.3 Å². The molecule has 0 heterocycles. The predicted molar refractivity (Wildman–Crippen MR) is 66.0 cm³/mol. The molecule has 0 aliphatic carbocycles. The minimum absolute atomic E-state index is 0.146. The Kier molecular flexibility index (Phi) is 6.43. The van der Waals surface area contributed by atoms with E-state index in [-0.39, 0.29) is 19.3 Å². The zero-order valence-corrected chi connectivity index (χ0v) is 10.2. The molecule has 1 aromatic rings. The Morgan fingerprint density at radius 3 is 2.71 bits per heavy atom. The molecule has 0 saturated carbocycles. The first kappa shape index (κ1) is 13.8. The normalized spacial score (nSPS) is 11.9. The molecule has 2 N–H and O–H groups in total. The molecular weight excluding hydrogens is 242 g/mol. The van der Waals surface area contributed by atoms with Crippen LogP contribution < -0.4 is 5.32 Å². The first-order chi connectivity index (χ1) is 8.26. The van der Waals surface area contributed by atoms with E-state index >= 15 is 0 Å². The number of carbonyl (C=O) groups is 1.